The van der Waals surface area contributed by atoms with Gasteiger partial charge in [-0.05, 0) is 29.2 Å². The standard InChI is InChI=1S/C18H20O2/c1-2-17-11-18(12-19,13-20-17)10-14-7-8-15-5-3-4-6-16(15)9-14/h2-9,17,19H,1,10-13H2/t17-,18-/m1/s1. The molecule has 0 aliphatic carbocycles. The molecule has 3 rings (SSSR count). The second-order valence-electron chi connectivity index (χ2n) is 5.81. The van der Waals surface area contributed by atoms with Gasteiger partial charge in [0.1, 0.15) is 0 Å². The first kappa shape index (κ1) is 13.3. The van der Waals surface area contributed by atoms with Crippen molar-refractivity contribution in [3.8, 4) is 0 Å². The number of hydrogen-bond acceptors (Lipinski definition) is 2. The highest BCUT2D eigenvalue weighted by molar-refractivity contribution is 5.83. The van der Waals surface area contributed by atoms with Gasteiger partial charge in [0.05, 0.1) is 19.3 Å². The van der Waals surface area contributed by atoms with Crippen molar-refractivity contribution < 1.29 is 9.84 Å². The predicted octanol–water partition coefficient (Wildman–Crippen LogP) is 3.34. The minimum Gasteiger partial charge on any atom is -0.396 e. The summed E-state index contributed by atoms with van der Waals surface area (Å²) in [5, 5.41) is 12.3. The van der Waals surface area contributed by atoms with Crippen LogP contribution in [0.5, 0.6) is 0 Å². The lowest BCUT2D eigenvalue weighted by Crippen LogP contribution is -2.28. The van der Waals surface area contributed by atoms with Crippen LogP contribution in [0.3, 0.4) is 0 Å². The molecule has 104 valence electrons. The van der Waals surface area contributed by atoms with Gasteiger partial charge in [-0.15, -0.1) is 6.58 Å². The fourth-order valence-corrected chi connectivity index (χ4v) is 3.05. The Morgan fingerprint density at radius 2 is 2.05 bits per heavy atom. The minimum atomic E-state index is -0.165. The zero-order chi connectivity index (χ0) is 14.0. The van der Waals surface area contributed by atoms with E-state index in [0.29, 0.717) is 6.61 Å². The highest BCUT2D eigenvalue weighted by atomic mass is 16.5. The number of aliphatic hydroxyl groups is 1. The number of ether oxygens (including phenoxy) is 1. The summed E-state index contributed by atoms with van der Waals surface area (Å²) in [6, 6.07) is 14.9. The van der Waals surface area contributed by atoms with Crippen molar-refractivity contribution in [2.24, 2.45) is 5.41 Å². The third kappa shape index (κ3) is 2.49. The van der Waals surface area contributed by atoms with Crippen molar-refractivity contribution in [2.75, 3.05) is 13.2 Å². The van der Waals surface area contributed by atoms with Crippen molar-refractivity contribution in [3.05, 3.63) is 60.7 Å². The van der Waals surface area contributed by atoms with Crippen LogP contribution in [0, 0.1) is 5.41 Å². The lowest BCUT2D eigenvalue weighted by atomic mass is 9.80. The molecule has 0 aromatic heterocycles. The molecule has 0 spiro atoms. The van der Waals surface area contributed by atoms with Crippen LogP contribution in [0.15, 0.2) is 55.1 Å². The van der Waals surface area contributed by atoms with Crippen molar-refractivity contribution in [2.45, 2.75) is 18.9 Å². The summed E-state index contributed by atoms with van der Waals surface area (Å²) >= 11 is 0. The molecular formula is C18H20O2. The Hall–Kier alpha value is -1.64. The molecule has 2 atom stereocenters. The third-order valence-corrected chi connectivity index (χ3v) is 4.23. The molecular weight excluding hydrogens is 248 g/mol. The second kappa shape index (κ2) is 5.39. The van der Waals surface area contributed by atoms with Crippen molar-refractivity contribution in [3.63, 3.8) is 0 Å². The highest BCUT2D eigenvalue weighted by Gasteiger charge is 2.38. The van der Waals surface area contributed by atoms with Gasteiger partial charge >= 0.3 is 0 Å². The maximum atomic E-state index is 9.79. The van der Waals surface area contributed by atoms with E-state index < -0.39 is 0 Å². The molecule has 1 fully saturated rings. The molecule has 1 saturated heterocycles. The molecule has 2 aromatic rings. The number of rotatable bonds is 4. The summed E-state index contributed by atoms with van der Waals surface area (Å²) in [5.41, 5.74) is 1.09. The van der Waals surface area contributed by atoms with Crippen LogP contribution in [-0.2, 0) is 11.2 Å². The van der Waals surface area contributed by atoms with Crippen LogP contribution in [-0.4, -0.2) is 24.4 Å². The minimum absolute atomic E-state index is 0.0719. The number of aliphatic hydroxyl groups excluding tert-OH is 1. The van der Waals surface area contributed by atoms with Gasteiger partial charge in [0.25, 0.3) is 0 Å². The van der Waals surface area contributed by atoms with Gasteiger partial charge in [0.15, 0.2) is 0 Å². The monoisotopic (exact) mass is 268 g/mol. The Bertz CT molecular complexity index is 620. The fraction of sp³-hybridized carbons (Fsp3) is 0.333. The van der Waals surface area contributed by atoms with E-state index in [0.717, 1.165) is 12.8 Å². The van der Waals surface area contributed by atoms with Crippen LogP contribution in [0.1, 0.15) is 12.0 Å². The average Bonchev–Trinajstić information content (AvgIpc) is 2.91. The topological polar surface area (TPSA) is 29.5 Å². The van der Waals surface area contributed by atoms with Gasteiger partial charge < -0.3 is 9.84 Å². The van der Waals surface area contributed by atoms with Crippen LogP contribution >= 0.6 is 0 Å². The molecule has 1 heterocycles. The molecule has 1 aliphatic heterocycles. The zero-order valence-corrected chi connectivity index (χ0v) is 11.6. The van der Waals surface area contributed by atoms with E-state index in [2.05, 4.69) is 49.0 Å². The SMILES string of the molecule is C=C[C@@H]1C[C@@](CO)(Cc2ccc3ccccc3c2)CO1. The molecule has 0 radical (unpaired) electrons. The summed E-state index contributed by atoms with van der Waals surface area (Å²) in [6.45, 7) is 4.54. The van der Waals surface area contributed by atoms with Gasteiger partial charge in [0, 0.05) is 5.41 Å². The first-order chi connectivity index (χ1) is 9.74. The normalized spacial score (nSPS) is 25.9. The van der Waals surface area contributed by atoms with Crippen LogP contribution in [0.2, 0.25) is 0 Å². The van der Waals surface area contributed by atoms with E-state index in [-0.39, 0.29) is 18.1 Å². The van der Waals surface area contributed by atoms with Crippen molar-refractivity contribution >= 4 is 10.8 Å². The summed E-state index contributed by atoms with van der Waals surface area (Å²) in [7, 11) is 0. The Balaban J connectivity index is 1.86. The maximum absolute atomic E-state index is 9.79. The smallest absolute Gasteiger partial charge is 0.0760 e. The largest absolute Gasteiger partial charge is 0.396 e. The van der Waals surface area contributed by atoms with Crippen molar-refractivity contribution in [1.82, 2.24) is 0 Å². The Morgan fingerprint density at radius 3 is 2.75 bits per heavy atom. The molecule has 1 aliphatic rings. The molecule has 2 aromatic carbocycles. The number of fused-ring (bicyclic) bond motifs is 1. The zero-order valence-electron chi connectivity index (χ0n) is 11.6. The molecule has 0 unspecified atom stereocenters. The van der Waals surface area contributed by atoms with Crippen LogP contribution in [0.4, 0.5) is 0 Å². The number of benzene rings is 2. The summed E-state index contributed by atoms with van der Waals surface area (Å²) in [5.74, 6) is 0. The first-order valence-corrected chi connectivity index (χ1v) is 7.07. The van der Waals surface area contributed by atoms with E-state index in [1.807, 2.05) is 6.08 Å². The fourth-order valence-electron chi connectivity index (χ4n) is 3.05. The lowest BCUT2D eigenvalue weighted by molar-refractivity contribution is 0.0835. The molecule has 20 heavy (non-hydrogen) atoms. The second-order valence-corrected chi connectivity index (χ2v) is 5.81. The van der Waals surface area contributed by atoms with Crippen LogP contribution < -0.4 is 0 Å². The van der Waals surface area contributed by atoms with E-state index in [9.17, 15) is 5.11 Å². The Kier molecular flexibility index (Phi) is 3.60. The first-order valence-electron chi connectivity index (χ1n) is 7.07. The van der Waals surface area contributed by atoms with Gasteiger partial charge in [0.2, 0.25) is 0 Å². The third-order valence-electron chi connectivity index (χ3n) is 4.23. The van der Waals surface area contributed by atoms with Gasteiger partial charge in [-0.3, -0.25) is 0 Å². The maximum Gasteiger partial charge on any atom is 0.0760 e. The molecule has 0 amide bonds. The molecule has 2 heteroatoms. The molecule has 0 bridgehead atoms. The lowest BCUT2D eigenvalue weighted by Gasteiger charge is -2.25. The van der Waals surface area contributed by atoms with Gasteiger partial charge in [-0.25, -0.2) is 0 Å². The Labute approximate surface area is 119 Å². The summed E-state index contributed by atoms with van der Waals surface area (Å²) in [6.07, 6.45) is 3.60. The Morgan fingerprint density at radius 1 is 1.25 bits per heavy atom. The van der Waals surface area contributed by atoms with E-state index in [1.54, 1.807) is 0 Å². The van der Waals surface area contributed by atoms with Crippen molar-refractivity contribution in [1.29, 1.82) is 0 Å². The quantitative estimate of drug-likeness (QED) is 0.862. The summed E-state index contributed by atoms with van der Waals surface area (Å²) in [4.78, 5) is 0. The highest BCUT2D eigenvalue weighted by Crippen LogP contribution is 2.36. The van der Waals surface area contributed by atoms with E-state index >= 15 is 0 Å². The van der Waals surface area contributed by atoms with E-state index in [4.69, 9.17) is 4.74 Å². The number of hydrogen-bond donors (Lipinski definition) is 1. The van der Waals surface area contributed by atoms with Crippen LogP contribution in [0.25, 0.3) is 10.8 Å². The average molecular weight is 268 g/mol. The summed E-state index contributed by atoms with van der Waals surface area (Å²) < 4.78 is 5.69. The molecule has 0 saturated carbocycles. The van der Waals surface area contributed by atoms with Gasteiger partial charge in [-0.2, -0.15) is 0 Å². The predicted molar refractivity (Wildman–Crippen MR) is 81.7 cm³/mol. The molecule has 2 nitrogen and oxygen atoms in total. The van der Waals surface area contributed by atoms with Gasteiger partial charge in [-0.1, -0.05) is 48.5 Å². The van der Waals surface area contributed by atoms with E-state index in [1.165, 1.54) is 16.3 Å². The molecule has 1 N–H and O–H groups in total.